The lowest BCUT2D eigenvalue weighted by Crippen LogP contribution is -2.33. The van der Waals surface area contributed by atoms with Gasteiger partial charge in [-0.1, -0.05) is 41.3 Å². The first-order chi connectivity index (χ1) is 22.4. The van der Waals surface area contributed by atoms with E-state index in [9.17, 15) is 36.7 Å². The van der Waals surface area contributed by atoms with Crippen LogP contribution >= 0.6 is 23.1 Å². The van der Waals surface area contributed by atoms with E-state index in [1.54, 1.807) is 0 Å². The third kappa shape index (κ3) is 6.07. The smallest absolute Gasteiger partial charge is 0.372 e. The minimum atomic E-state index is -4.69. The lowest BCUT2D eigenvalue weighted by Gasteiger charge is -2.31. The normalized spacial score (nSPS) is 19.0. The van der Waals surface area contributed by atoms with Crippen molar-refractivity contribution in [1.82, 2.24) is 4.57 Å². The average molecular weight is 685 g/mol. The van der Waals surface area contributed by atoms with E-state index < -0.39 is 63.8 Å². The Morgan fingerprint density at radius 2 is 1.62 bits per heavy atom. The second kappa shape index (κ2) is 12.6. The molecule has 4 aromatic rings. The van der Waals surface area contributed by atoms with Crippen molar-refractivity contribution in [2.45, 2.75) is 42.8 Å². The topological polar surface area (TPSA) is 91.7 Å². The number of carbonyl (C=O) groups is 3. The number of aromatic nitrogens is 1. The van der Waals surface area contributed by atoms with E-state index in [1.165, 1.54) is 34.9 Å². The first kappa shape index (κ1) is 32.5. The molecule has 0 unspecified atom stereocenters. The molecule has 1 fully saturated rings. The zero-order valence-corrected chi connectivity index (χ0v) is 26.7. The Balaban J connectivity index is 1.41. The van der Waals surface area contributed by atoms with E-state index in [0.717, 1.165) is 65.0 Å². The predicted molar refractivity (Wildman–Crippen MR) is 173 cm³/mol. The molecule has 3 aromatic carbocycles. The summed E-state index contributed by atoms with van der Waals surface area (Å²) in [4.78, 5) is 57.4. The molecule has 2 aliphatic rings. The number of hydrogen-bond donors (Lipinski definition) is 1. The van der Waals surface area contributed by atoms with Gasteiger partial charge < -0.3 is 10.2 Å². The molecule has 0 saturated carbocycles. The minimum absolute atomic E-state index is 0.195. The van der Waals surface area contributed by atoms with Crippen LogP contribution in [0.15, 0.2) is 82.6 Å². The van der Waals surface area contributed by atoms with Crippen LogP contribution < -0.4 is 20.0 Å². The number of imide groups is 1. The molecule has 0 bridgehead atoms. The fourth-order valence-corrected chi connectivity index (χ4v) is 8.82. The molecule has 3 atom stereocenters. The van der Waals surface area contributed by atoms with Gasteiger partial charge in [-0.25, -0.2) is 9.29 Å². The highest BCUT2D eigenvalue weighted by molar-refractivity contribution is 8.00. The van der Waals surface area contributed by atoms with Crippen LogP contribution in [0.5, 0.6) is 0 Å². The number of thiazole rings is 1. The molecule has 8 nitrogen and oxygen atoms in total. The zero-order valence-electron chi connectivity index (χ0n) is 25.1. The van der Waals surface area contributed by atoms with Crippen molar-refractivity contribution in [2.75, 3.05) is 28.2 Å². The van der Waals surface area contributed by atoms with Crippen molar-refractivity contribution in [1.29, 1.82) is 0 Å². The average Bonchev–Trinajstić information content (AvgIpc) is 3.49. The number of nitrogens with one attached hydrogen (secondary N) is 1. The number of benzene rings is 3. The summed E-state index contributed by atoms with van der Waals surface area (Å²) >= 11 is 1.82. The minimum Gasteiger partial charge on any atom is -0.372 e. The first-order valence-corrected chi connectivity index (χ1v) is 16.5. The number of thioether (sulfide) groups is 1. The summed E-state index contributed by atoms with van der Waals surface area (Å²) in [5.41, 5.74) is 0.708. The monoisotopic (exact) mass is 684 g/mol. The van der Waals surface area contributed by atoms with Crippen molar-refractivity contribution in [3.63, 3.8) is 0 Å². The van der Waals surface area contributed by atoms with Gasteiger partial charge in [0, 0.05) is 35.3 Å². The second-order valence-corrected chi connectivity index (χ2v) is 13.2. The Hall–Kier alpha value is -4.43. The molecule has 0 radical (unpaired) electrons. The Morgan fingerprint density at radius 3 is 2.26 bits per heavy atom. The van der Waals surface area contributed by atoms with Crippen molar-refractivity contribution in [3.05, 3.63) is 104 Å². The molecule has 0 aliphatic carbocycles. The van der Waals surface area contributed by atoms with Gasteiger partial charge >= 0.3 is 11.0 Å². The molecule has 3 amide bonds. The highest BCUT2D eigenvalue weighted by Gasteiger charge is 2.57. The van der Waals surface area contributed by atoms with Crippen molar-refractivity contribution >= 4 is 57.9 Å². The van der Waals surface area contributed by atoms with Gasteiger partial charge in [-0.05, 0) is 74.0 Å². The van der Waals surface area contributed by atoms with Crippen LogP contribution in [-0.2, 0) is 27.1 Å². The SMILES string of the molecule is CCN(CC)c1ccc([C@@H]2c3sc(=O)n(CC(=O)Nc4ccc(F)cc4)c3S[C@H]3C(=O)N(c4cccc(C(F)(F)F)c4)C(=O)[C@@H]23)cc1. The summed E-state index contributed by atoms with van der Waals surface area (Å²) < 4.78 is 55.3. The summed E-state index contributed by atoms with van der Waals surface area (Å²) in [7, 11) is 0. The fraction of sp³-hybridized carbons (Fsp3) is 0.273. The molecule has 3 heterocycles. The van der Waals surface area contributed by atoms with Gasteiger partial charge in [0.25, 0.3) is 0 Å². The van der Waals surface area contributed by atoms with Crippen LogP contribution in [0.2, 0.25) is 0 Å². The van der Waals surface area contributed by atoms with E-state index >= 15 is 0 Å². The fourth-order valence-electron chi connectivity index (χ4n) is 6.05. The van der Waals surface area contributed by atoms with Gasteiger partial charge in [-0.15, -0.1) is 0 Å². The third-order valence-corrected chi connectivity index (χ3v) is 10.9. The molecular formula is C33H28F4N4O4S2. The van der Waals surface area contributed by atoms with Crippen molar-refractivity contribution in [2.24, 2.45) is 5.92 Å². The van der Waals surface area contributed by atoms with Crippen LogP contribution in [-0.4, -0.2) is 40.6 Å². The highest BCUT2D eigenvalue weighted by atomic mass is 32.2. The van der Waals surface area contributed by atoms with Gasteiger partial charge in [0.05, 0.1) is 22.2 Å². The number of fused-ring (bicyclic) bond motifs is 2. The highest BCUT2D eigenvalue weighted by Crippen LogP contribution is 2.54. The van der Waals surface area contributed by atoms with E-state index in [0.29, 0.717) is 21.2 Å². The maximum absolute atomic E-state index is 14.1. The summed E-state index contributed by atoms with van der Waals surface area (Å²) in [6.45, 7) is 5.14. The number of anilines is 3. The third-order valence-electron chi connectivity index (χ3n) is 8.29. The quantitative estimate of drug-likeness (QED) is 0.172. The molecule has 14 heteroatoms. The van der Waals surface area contributed by atoms with E-state index in [1.807, 2.05) is 38.1 Å². The molecule has 1 aromatic heterocycles. The lowest BCUT2D eigenvalue weighted by molar-refractivity contribution is -0.137. The molecular weight excluding hydrogens is 657 g/mol. The zero-order chi connectivity index (χ0) is 33.6. The first-order valence-electron chi connectivity index (χ1n) is 14.8. The molecule has 47 heavy (non-hydrogen) atoms. The van der Waals surface area contributed by atoms with E-state index in [2.05, 4.69) is 10.2 Å². The maximum Gasteiger partial charge on any atom is 0.416 e. The molecule has 2 aliphatic heterocycles. The number of hydrogen-bond acceptors (Lipinski definition) is 7. The van der Waals surface area contributed by atoms with Gasteiger partial charge in [-0.3, -0.25) is 23.7 Å². The number of alkyl halides is 3. The predicted octanol–water partition coefficient (Wildman–Crippen LogP) is 6.35. The van der Waals surface area contributed by atoms with Gasteiger partial charge in [0.2, 0.25) is 17.7 Å². The standard InChI is InChI=1S/C33H28F4N4O4S2/c1-3-39(4-2)22-14-8-18(9-15-22)25-26-27(30(44)41(29(26)43)23-7-5-6-19(16-23)33(35,36)37)46-31-28(25)47-32(45)40(31)17-24(42)38-21-12-10-20(34)11-13-21/h5-16,25-27H,3-4,17H2,1-2H3,(H,38,42)/t25-,26-,27+/m0/s1. The molecule has 1 saturated heterocycles. The molecule has 0 spiro atoms. The van der Waals surface area contributed by atoms with Crippen molar-refractivity contribution < 1.29 is 31.9 Å². The van der Waals surface area contributed by atoms with Crippen LogP contribution in [0.1, 0.15) is 35.8 Å². The Labute approximate surface area is 275 Å². The summed E-state index contributed by atoms with van der Waals surface area (Å²) in [5, 5.41) is 1.89. The lowest BCUT2D eigenvalue weighted by atomic mass is 9.83. The second-order valence-electron chi connectivity index (χ2n) is 11.0. The van der Waals surface area contributed by atoms with Crippen LogP contribution in [0, 0.1) is 11.7 Å². The van der Waals surface area contributed by atoms with E-state index in [-0.39, 0.29) is 5.69 Å². The van der Waals surface area contributed by atoms with Gasteiger partial charge in [-0.2, -0.15) is 13.2 Å². The summed E-state index contributed by atoms with van der Waals surface area (Å²) in [6, 6.07) is 16.6. The summed E-state index contributed by atoms with van der Waals surface area (Å²) in [6.07, 6.45) is -4.69. The van der Waals surface area contributed by atoms with Crippen LogP contribution in [0.3, 0.4) is 0 Å². The molecule has 1 N–H and O–H groups in total. The number of amides is 3. The Morgan fingerprint density at radius 1 is 0.936 bits per heavy atom. The number of carbonyl (C=O) groups excluding carboxylic acids is 3. The van der Waals surface area contributed by atoms with Gasteiger partial charge in [0.15, 0.2) is 0 Å². The van der Waals surface area contributed by atoms with Crippen LogP contribution in [0.4, 0.5) is 34.6 Å². The summed E-state index contributed by atoms with van der Waals surface area (Å²) in [5.74, 6) is -4.23. The number of nitrogens with zero attached hydrogens (tertiary/aromatic N) is 3. The number of halogens is 4. The van der Waals surface area contributed by atoms with Crippen molar-refractivity contribution in [3.8, 4) is 0 Å². The number of rotatable bonds is 8. The van der Waals surface area contributed by atoms with Crippen LogP contribution in [0.25, 0.3) is 0 Å². The molecule has 6 rings (SSSR count). The Bertz CT molecular complexity index is 1900. The van der Waals surface area contributed by atoms with Gasteiger partial charge in [0.1, 0.15) is 17.6 Å². The van der Waals surface area contributed by atoms with E-state index in [4.69, 9.17) is 0 Å². The largest absolute Gasteiger partial charge is 0.416 e. The Kier molecular flexibility index (Phi) is 8.74. The molecule has 244 valence electrons. The maximum atomic E-state index is 14.1.